The predicted molar refractivity (Wildman–Crippen MR) is 206 cm³/mol. The lowest BCUT2D eigenvalue weighted by Gasteiger charge is -2.33. The Morgan fingerprint density at radius 2 is 1.36 bits per heavy atom. The van der Waals surface area contributed by atoms with Gasteiger partial charge >= 0.3 is 0 Å². The van der Waals surface area contributed by atoms with Crippen molar-refractivity contribution < 1.29 is 13.2 Å². The summed E-state index contributed by atoms with van der Waals surface area (Å²) in [5.74, 6) is -0.644. The van der Waals surface area contributed by atoms with Crippen molar-refractivity contribution in [3.63, 3.8) is 0 Å². The second kappa shape index (κ2) is 12.3. The van der Waals surface area contributed by atoms with Gasteiger partial charge in [0.15, 0.2) is 5.54 Å². The number of sulfonamides is 1. The van der Waals surface area contributed by atoms with Gasteiger partial charge in [0.25, 0.3) is 5.91 Å². The summed E-state index contributed by atoms with van der Waals surface area (Å²) in [6.07, 6.45) is 1.65. The number of thioether (sulfide) groups is 1. The third kappa shape index (κ3) is 6.11. The van der Waals surface area contributed by atoms with Crippen molar-refractivity contribution >= 4 is 38.4 Å². The van der Waals surface area contributed by atoms with Gasteiger partial charge < -0.3 is 4.90 Å². The highest BCUT2D eigenvalue weighted by molar-refractivity contribution is 8.14. The van der Waals surface area contributed by atoms with Crippen molar-refractivity contribution in [3.8, 4) is 0 Å². The Labute approximate surface area is 301 Å². The molecule has 4 aromatic carbocycles. The smallest absolute Gasteiger partial charge is 0.260 e. The van der Waals surface area contributed by atoms with Crippen LogP contribution in [0.4, 0.5) is 5.69 Å². The highest BCUT2D eigenvalue weighted by Gasteiger charge is 2.62. The maximum absolute atomic E-state index is 15.3. The summed E-state index contributed by atoms with van der Waals surface area (Å²) < 4.78 is 29.0. The molecule has 0 saturated carbocycles. The molecule has 1 spiro atoms. The van der Waals surface area contributed by atoms with Crippen molar-refractivity contribution in [2.45, 2.75) is 82.0 Å². The molecule has 3 aliphatic rings. The summed E-state index contributed by atoms with van der Waals surface area (Å²) in [5.41, 5.74) is 7.15. The van der Waals surface area contributed by atoms with E-state index in [4.69, 9.17) is 4.99 Å². The average molecular weight is 704 g/mol. The molecular weight excluding hydrogens is 659 g/mol. The first-order valence-corrected chi connectivity index (χ1v) is 20.0. The third-order valence-electron chi connectivity index (χ3n) is 10.1. The van der Waals surface area contributed by atoms with E-state index in [1.165, 1.54) is 17.4 Å². The van der Waals surface area contributed by atoms with Crippen molar-refractivity contribution in [2.75, 3.05) is 11.2 Å². The standard InChI is InChI=1S/C42H45N3O3S2/c1-40(2,3)30-21-17-28(18-22-30)35-25-33(44-50(7,47)48)36-37(29-19-23-31(24-20-29)41(4,5)6)42(43-38(36)49-35)32-15-11-12-16-34(32)45(39(42)46)26-27-13-9-8-10-14-27/h8-24,35,37,44H,25-26H2,1-7H3/t35-,37+,42-/m0/s1. The second-order valence-corrected chi connectivity index (χ2v) is 18.8. The van der Waals surface area contributed by atoms with Crippen molar-refractivity contribution in [2.24, 2.45) is 4.99 Å². The zero-order valence-electron chi connectivity index (χ0n) is 29.8. The Morgan fingerprint density at radius 3 is 1.94 bits per heavy atom. The molecule has 50 heavy (non-hydrogen) atoms. The monoisotopic (exact) mass is 703 g/mol. The van der Waals surface area contributed by atoms with Gasteiger partial charge in [0.05, 0.1) is 29.4 Å². The number of nitrogens with one attached hydrogen (secondary N) is 1. The molecule has 0 radical (unpaired) electrons. The van der Waals surface area contributed by atoms with Crippen molar-refractivity contribution in [1.82, 2.24) is 4.72 Å². The van der Waals surface area contributed by atoms with Crippen LogP contribution in [0.2, 0.25) is 0 Å². The second-order valence-electron chi connectivity index (χ2n) is 15.8. The minimum Gasteiger partial charge on any atom is -0.305 e. The summed E-state index contributed by atoms with van der Waals surface area (Å²) in [6.45, 7) is 13.5. The van der Waals surface area contributed by atoms with Gasteiger partial charge in [0.1, 0.15) is 0 Å². The first kappa shape index (κ1) is 34.3. The van der Waals surface area contributed by atoms with Crippen LogP contribution >= 0.6 is 11.8 Å². The number of allylic oxidation sites excluding steroid dienone is 1. The Hall–Kier alpha value is -4.14. The highest BCUT2D eigenvalue weighted by Crippen LogP contribution is 2.62. The minimum atomic E-state index is -3.65. The molecule has 0 bridgehead atoms. The van der Waals surface area contributed by atoms with Gasteiger partial charge in [-0.1, -0.05) is 150 Å². The molecule has 0 aliphatic carbocycles. The zero-order valence-corrected chi connectivity index (χ0v) is 31.5. The number of nitrogens with zero attached hydrogens (tertiary/aromatic N) is 2. The molecule has 7 rings (SSSR count). The minimum absolute atomic E-state index is 0.00778. The molecule has 4 aromatic rings. The SMILES string of the molecule is CC(C)(C)c1ccc([C@@H]2CC(NS(C)(=O)=O)=C3C(=N[C@]4(C(=O)N(Cc5ccccc5)c5ccccc54)[C@@H]3c3ccc(C(C)(C)C)cc3)S2)cc1. The van der Waals surface area contributed by atoms with Crippen LogP contribution in [0.3, 0.4) is 0 Å². The fourth-order valence-electron chi connectivity index (χ4n) is 7.54. The Morgan fingerprint density at radius 1 is 0.800 bits per heavy atom. The summed E-state index contributed by atoms with van der Waals surface area (Å²) in [5, 5.41) is 0.615. The third-order valence-corrected chi connectivity index (χ3v) is 12.0. The number of hydrogen-bond donors (Lipinski definition) is 1. The van der Waals surface area contributed by atoms with E-state index < -0.39 is 21.5 Å². The predicted octanol–water partition coefficient (Wildman–Crippen LogP) is 8.90. The largest absolute Gasteiger partial charge is 0.305 e. The van der Waals surface area contributed by atoms with Gasteiger partial charge in [-0.05, 0) is 44.7 Å². The highest BCUT2D eigenvalue weighted by atomic mass is 32.2. The van der Waals surface area contributed by atoms with Crippen LogP contribution in [0.15, 0.2) is 119 Å². The summed E-state index contributed by atoms with van der Waals surface area (Å²) >= 11 is 1.63. The van der Waals surface area contributed by atoms with Crippen LogP contribution in [0.5, 0.6) is 0 Å². The van der Waals surface area contributed by atoms with Crippen molar-refractivity contribution in [3.05, 3.63) is 148 Å². The quantitative estimate of drug-likeness (QED) is 0.218. The van der Waals surface area contributed by atoms with E-state index in [0.29, 0.717) is 23.7 Å². The molecule has 1 N–H and O–H groups in total. The molecule has 8 heteroatoms. The van der Waals surface area contributed by atoms with Crippen LogP contribution in [-0.2, 0) is 37.7 Å². The van der Waals surface area contributed by atoms with E-state index in [2.05, 4.69) is 94.8 Å². The number of carbonyl (C=O) groups excluding carboxylic acids is 1. The number of hydrogen-bond acceptors (Lipinski definition) is 5. The molecule has 1 amide bonds. The number of amides is 1. The molecule has 0 unspecified atom stereocenters. The van der Waals surface area contributed by atoms with E-state index in [1.807, 2.05) is 59.5 Å². The lowest BCUT2D eigenvalue weighted by molar-refractivity contribution is -0.123. The molecule has 3 aliphatic heterocycles. The van der Waals surface area contributed by atoms with Crippen LogP contribution in [-0.4, -0.2) is 25.6 Å². The lowest BCUT2D eigenvalue weighted by atomic mass is 9.72. The van der Waals surface area contributed by atoms with Crippen LogP contribution in [0.1, 0.15) is 92.5 Å². The van der Waals surface area contributed by atoms with E-state index in [1.54, 1.807) is 11.8 Å². The number of aliphatic imine (C=N–C) groups is 1. The maximum atomic E-state index is 15.3. The number of benzene rings is 4. The molecular formula is C42H45N3O3S2. The Bertz CT molecular complexity index is 2130. The molecule has 6 nitrogen and oxygen atoms in total. The van der Waals surface area contributed by atoms with Gasteiger partial charge in [-0.15, -0.1) is 0 Å². The maximum Gasteiger partial charge on any atom is 0.260 e. The molecule has 3 atom stereocenters. The zero-order chi connectivity index (χ0) is 35.6. The van der Waals surface area contributed by atoms with E-state index >= 15 is 4.79 Å². The lowest BCUT2D eigenvalue weighted by Crippen LogP contribution is -2.42. The van der Waals surface area contributed by atoms with Crippen LogP contribution in [0.25, 0.3) is 0 Å². The topological polar surface area (TPSA) is 78.8 Å². The average Bonchev–Trinajstić information content (AvgIpc) is 3.53. The van der Waals surface area contributed by atoms with Crippen molar-refractivity contribution in [1.29, 1.82) is 0 Å². The van der Waals surface area contributed by atoms with E-state index in [0.717, 1.165) is 33.5 Å². The molecule has 3 heterocycles. The number of carbonyl (C=O) groups is 1. The van der Waals surface area contributed by atoms with Gasteiger partial charge in [-0.3, -0.25) is 14.5 Å². The number of para-hydroxylation sites is 1. The van der Waals surface area contributed by atoms with E-state index in [-0.39, 0.29) is 22.0 Å². The van der Waals surface area contributed by atoms with Crippen LogP contribution in [0, 0.1) is 0 Å². The summed E-state index contributed by atoms with van der Waals surface area (Å²) in [4.78, 5) is 22.6. The normalized spacial score (nSPS) is 22.1. The fourth-order valence-corrected chi connectivity index (χ4v) is 9.56. The fraction of sp³-hybridized carbons (Fsp3) is 0.333. The molecule has 0 saturated heterocycles. The Kier molecular flexibility index (Phi) is 8.42. The number of anilines is 1. The number of fused-ring (bicyclic) bond motifs is 3. The first-order chi connectivity index (χ1) is 23.6. The van der Waals surface area contributed by atoms with Gasteiger partial charge in [-0.2, -0.15) is 0 Å². The summed E-state index contributed by atoms with van der Waals surface area (Å²) in [7, 11) is -3.65. The molecule has 258 valence electrons. The first-order valence-electron chi connectivity index (χ1n) is 17.2. The van der Waals surface area contributed by atoms with Gasteiger partial charge in [-0.25, -0.2) is 8.42 Å². The van der Waals surface area contributed by atoms with Gasteiger partial charge in [0.2, 0.25) is 10.0 Å². The number of rotatable bonds is 6. The van der Waals surface area contributed by atoms with Gasteiger partial charge in [0, 0.05) is 28.5 Å². The molecule has 0 fully saturated rings. The van der Waals surface area contributed by atoms with E-state index in [9.17, 15) is 8.42 Å². The van der Waals surface area contributed by atoms with Crippen LogP contribution < -0.4 is 9.62 Å². The summed E-state index contributed by atoms with van der Waals surface area (Å²) in [6, 6.07) is 35.1. The molecule has 0 aromatic heterocycles. The Balaban J connectivity index is 1.44.